The van der Waals surface area contributed by atoms with Gasteiger partial charge in [0.15, 0.2) is 0 Å². The molecule has 4 N–H and O–H groups in total. The number of amides is 3. The van der Waals surface area contributed by atoms with E-state index >= 15 is 0 Å². The molecular weight excluding hydrogens is 348 g/mol. The highest BCUT2D eigenvalue weighted by molar-refractivity contribution is 5.96. The van der Waals surface area contributed by atoms with Crippen molar-refractivity contribution in [3.63, 3.8) is 0 Å². The van der Waals surface area contributed by atoms with Crippen LogP contribution in [-0.4, -0.2) is 46.5 Å². The third-order valence-corrected chi connectivity index (χ3v) is 5.03. The maximum atomic E-state index is 12.7. The van der Waals surface area contributed by atoms with Crippen molar-refractivity contribution < 1.29 is 14.4 Å². The number of nitrogens with one attached hydrogen (secondary N) is 4. The monoisotopic (exact) mass is 372 g/mol. The third-order valence-electron chi connectivity index (χ3n) is 5.03. The lowest BCUT2D eigenvalue weighted by Gasteiger charge is -2.25. The molecule has 0 aromatic carbocycles. The number of H-pyrrole nitrogens is 1. The highest BCUT2D eigenvalue weighted by Gasteiger charge is 2.33. The van der Waals surface area contributed by atoms with Crippen LogP contribution in [0.5, 0.6) is 0 Å². The number of rotatable bonds is 8. The van der Waals surface area contributed by atoms with Gasteiger partial charge in [0.25, 0.3) is 5.91 Å². The first-order chi connectivity index (χ1) is 13.1. The van der Waals surface area contributed by atoms with Crippen molar-refractivity contribution in [3.05, 3.63) is 18.0 Å². The first-order valence-corrected chi connectivity index (χ1v) is 9.34. The van der Waals surface area contributed by atoms with Gasteiger partial charge in [-0.25, -0.2) is 0 Å². The molecule has 1 aromatic rings. The molecule has 2 aliphatic rings. The Morgan fingerprint density at radius 3 is 2.74 bits per heavy atom. The number of aromatic amines is 1. The van der Waals surface area contributed by atoms with Crippen LogP contribution >= 0.6 is 0 Å². The molecule has 144 valence electrons. The van der Waals surface area contributed by atoms with Gasteiger partial charge in [-0.05, 0) is 37.7 Å². The molecule has 1 saturated heterocycles. The van der Waals surface area contributed by atoms with E-state index in [2.05, 4.69) is 32.2 Å². The maximum absolute atomic E-state index is 12.7. The van der Waals surface area contributed by atoms with E-state index in [0.717, 1.165) is 19.3 Å². The maximum Gasteiger partial charge on any atom is 0.269 e. The first kappa shape index (κ1) is 18.9. The second-order valence-electron chi connectivity index (χ2n) is 7.23. The number of hydrogen-bond acceptors (Lipinski definition) is 5. The lowest BCUT2D eigenvalue weighted by Crippen LogP contribution is -2.50. The molecule has 1 aromatic heterocycles. The third kappa shape index (κ3) is 5.29. The number of aromatic nitrogens is 2. The van der Waals surface area contributed by atoms with Gasteiger partial charge < -0.3 is 16.0 Å². The van der Waals surface area contributed by atoms with Gasteiger partial charge in [0, 0.05) is 18.7 Å². The second-order valence-corrected chi connectivity index (χ2v) is 7.23. The Kier molecular flexibility index (Phi) is 6.06. The van der Waals surface area contributed by atoms with Crippen LogP contribution in [0.25, 0.3) is 0 Å². The molecule has 3 atom stereocenters. The summed E-state index contributed by atoms with van der Waals surface area (Å²) in [5.41, 5.74) is 0.277. The van der Waals surface area contributed by atoms with E-state index in [-0.39, 0.29) is 23.9 Å². The molecule has 9 nitrogen and oxygen atoms in total. The number of nitrogens with zero attached hydrogens (tertiary/aromatic N) is 2. The Morgan fingerprint density at radius 1 is 1.30 bits per heavy atom. The van der Waals surface area contributed by atoms with E-state index < -0.39 is 23.9 Å². The molecule has 1 aliphatic carbocycles. The largest absolute Gasteiger partial charge is 0.356 e. The number of carbonyl (C=O) groups is 3. The highest BCUT2D eigenvalue weighted by atomic mass is 16.2. The molecule has 3 amide bonds. The molecule has 1 aliphatic heterocycles. The zero-order chi connectivity index (χ0) is 19.2. The predicted molar refractivity (Wildman–Crippen MR) is 95.1 cm³/mol. The van der Waals surface area contributed by atoms with Gasteiger partial charge in [0.05, 0.1) is 6.07 Å². The number of hydrogen-bond donors (Lipinski definition) is 4. The molecular formula is C18H24N6O3. The summed E-state index contributed by atoms with van der Waals surface area (Å²) in [6.45, 7) is 0.655. The summed E-state index contributed by atoms with van der Waals surface area (Å²) in [6.07, 6.45) is 5.93. The quantitative estimate of drug-likeness (QED) is 0.517. The number of piperidine rings is 1. The molecule has 0 bridgehead atoms. The zero-order valence-corrected chi connectivity index (χ0v) is 15.0. The van der Waals surface area contributed by atoms with Gasteiger partial charge in [0.1, 0.15) is 17.8 Å². The average Bonchev–Trinajstić information content (AvgIpc) is 3.30. The fourth-order valence-electron chi connectivity index (χ4n) is 3.30. The minimum absolute atomic E-state index is 0.0715. The lowest BCUT2D eigenvalue weighted by atomic mass is 9.92. The van der Waals surface area contributed by atoms with E-state index in [1.54, 1.807) is 0 Å². The smallest absolute Gasteiger partial charge is 0.269 e. The molecule has 27 heavy (non-hydrogen) atoms. The summed E-state index contributed by atoms with van der Waals surface area (Å²) in [7, 11) is 0. The molecule has 3 unspecified atom stereocenters. The van der Waals surface area contributed by atoms with Crippen LogP contribution in [0.2, 0.25) is 0 Å². The Bertz CT molecular complexity index is 722. The number of carbonyl (C=O) groups excluding carboxylic acids is 3. The lowest BCUT2D eigenvalue weighted by molar-refractivity contribution is -0.128. The van der Waals surface area contributed by atoms with E-state index in [4.69, 9.17) is 0 Å². The van der Waals surface area contributed by atoms with E-state index in [0.29, 0.717) is 25.3 Å². The summed E-state index contributed by atoms with van der Waals surface area (Å²) in [4.78, 5) is 36.9. The van der Waals surface area contributed by atoms with Gasteiger partial charge in [-0.1, -0.05) is 12.8 Å². The normalized spacial score (nSPS) is 21.4. The standard InChI is InChI=1S/C18H24N6O3/c19-10-13(9-12-2-1-6-20-16(12)25)22-18(27)15(8-11-3-4-11)23-17(26)14-5-7-21-24-14/h5,7,11-13,15H,1-4,6,8-9H2,(H,20,25)(H,21,24)(H,22,27)(H,23,26). The van der Waals surface area contributed by atoms with Crippen LogP contribution in [0.4, 0.5) is 0 Å². The van der Waals surface area contributed by atoms with Gasteiger partial charge in [0.2, 0.25) is 11.8 Å². The van der Waals surface area contributed by atoms with Crippen molar-refractivity contribution in [2.24, 2.45) is 11.8 Å². The SMILES string of the molecule is N#CC(CC1CCCNC1=O)NC(=O)C(CC1CC1)NC(=O)c1ccn[nH]1. The van der Waals surface area contributed by atoms with Gasteiger partial charge in [-0.15, -0.1) is 0 Å². The Morgan fingerprint density at radius 2 is 2.11 bits per heavy atom. The Labute approximate surface area is 157 Å². The molecule has 3 rings (SSSR count). The first-order valence-electron chi connectivity index (χ1n) is 9.34. The topological polar surface area (TPSA) is 140 Å². The van der Waals surface area contributed by atoms with Gasteiger partial charge >= 0.3 is 0 Å². The van der Waals surface area contributed by atoms with Crippen molar-refractivity contribution in [2.45, 2.75) is 50.6 Å². The van der Waals surface area contributed by atoms with Crippen molar-refractivity contribution in [1.29, 1.82) is 5.26 Å². The average molecular weight is 372 g/mol. The molecule has 1 saturated carbocycles. The summed E-state index contributed by atoms with van der Waals surface area (Å²) in [5, 5.41) is 23.9. The molecule has 0 radical (unpaired) electrons. The van der Waals surface area contributed by atoms with Crippen molar-refractivity contribution in [2.75, 3.05) is 6.54 Å². The fraction of sp³-hybridized carbons (Fsp3) is 0.611. The molecule has 9 heteroatoms. The van der Waals surface area contributed by atoms with Crippen LogP contribution in [0, 0.1) is 23.2 Å². The predicted octanol–water partition coefficient (Wildman–Crippen LogP) is 0.233. The van der Waals surface area contributed by atoms with Crippen molar-refractivity contribution in [3.8, 4) is 6.07 Å². The minimum atomic E-state index is -0.767. The summed E-state index contributed by atoms with van der Waals surface area (Å²) in [5.74, 6) is -0.735. The van der Waals surface area contributed by atoms with Crippen LogP contribution in [-0.2, 0) is 9.59 Å². The van der Waals surface area contributed by atoms with E-state index in [1.807, 2.05) is 0 Å². The summed E-state index contributed by atoms with van der Waals surface area (Å²) < 4.78 is 0. The molecule has 2 heterocycles. The minimum Gasteiger partial charge on any atom is -0.356 e. The van der Waals surface area contributed by atoms with Gasteiger partial charge in [-0.3, -0.25) is 19.5 Å². The summed E-state index contributed by atoms with van der Waals surface area (Å²) >= 11 is 0. The zero-order valence-electron chi connectivity index (χ0n) is 15.0. The van der Waals surface area contributed by atoms with Crippen LogP contribution in [0.1, 0.15) is 49.0 Å². The highest BCUT2D eigenvalue weighted by Crippen LogP contribution is 2.33. The van der Waals surface area contributed by atoms with Crippen molar-refractivity contribution >= 4 is 17.7 Å². The van der Waals surface area contributed by atoms with Crippen LogP contribution in [0.15, 0.2) is 12.3 Å². The Hall–Kier alpha value is -2.89. The summed E-state index contributed by atoms with van der Waals surface area (Å²) in [6, 6.07) is 2.11. The fourth-order valence-corrected chi connectivity index (χ4v) is 3.30. The van der Waals surface area contributed by atoms with Crippen molar-refractivity contribution in [1.82, 2.24) is 26.1 Å². The van der Waals surface area contributed by atoms with E-state index in [1.165, 1.54) is 12.3 Å². The number of nitriles is 1. The Balaban J connectivity index is 1.59. The van der Waals surface area contributed by atoms with Gasteiger partial charge in [-0.2, -0.15) is 10.4 Å². The van der Waals surface area contributed by atoms with Crippen LogP contribution < -0.4 is 16.0 Å². The molecule has 0 spiro atoms. The second kappa shape index (κ2) is 8.66. The van der Waals surface area contributed by atoms with E-state index in [9.17, 15) is 19.6 Å². The molecule has 2 fully saturated rings. The van der Waals surface area contributed by atoms with Crippen LogP contribution in [0.3, 0.4) is 0 Å².